The Kier molecular flexibility index (Phi) is 6.97. The number of ether oxygens (including phenoxy) is 2. The number of amides is 2. The molecule has 0 radical (unpaired) electrons. The van der Waals surface area contributed by atoms with Crippen LogP contribution in [0.2, 0.25) is 0 Å². The third-order valence-electron chi connectivity index (χ3n) is 4.94. The predicted octanol–water partition coefficient (Wildman–Crippen LogP) is 5.93. The monoisotopic (exact) mass is 507 g/mol. The number of rotatable bonds is 8. The van der Waals surface area contributed by atoms with Crippen LogP contribution in [0.1, 0.15) is 12.5 Å². The van der Waals surface area contributed by atoms with Gasteiger partial charge in [0.1, 0.15) is 0 Å². The average molecular weight is 507 g/mol. The number of carbonyl (C=O) groups is 2. The van der Waals surface area contributed by atoms with E-state index in [2.05, 4.69) is 0 Å². The van der Waals surface area contributed by atoms with Crippen molar-refractivity contribution in [3.63, 3.8) is 0 Å². The Morgan fingerprint density at radius 2 is 1.64 bits per heavy atom. The summed E-state index contributed by atoms with van der Waals surface area (Å²) in [6, 6.07) is 16.2. The Balaban J connectivity index is 1.64. The highest BCUT2D eigenvalue weighted by Crippen LogP contribution is 2.40. The lowest BCUT2D eigenvalue weighted by Gasteiger charge is -2.13. The zero-order chi connectivity index (χ0) is 25.8. The molecule has 0 spiro atoms. The lowest BCUT2D eigenvalue weighted by atomic mass is 10.1. The van der Waals surface area contributed by atoms with Crippen molar-refractivity contribution in [1.82, 2.24) is 0 Å². The number of para-hydroxylation sites is 1. The van der Waals surface area contributed by atoms with E-state index in [-0.39, 0.29) is 28.8 Å². The summed E-state index contributed by atoms with van der Waals surface area (Å²) in [4.78, 5) is 47.5. The van der Waals surface area contributed by atoms with Crippen LogP contribution in [0, 0.1) is 20.2 Å². The molecule has 3 aromatic rings. The van der Waals surface area contributed by atoms with E-state index in [1.54, 1.807) is 49.4 Å². The van der Waals surface area contributed by atoms with E-state index in [0.717, 1.165) is 34.9 Å². The minimum absolute atomic E-state index is 0.128. The van der Waals surface area contributed by atoms with Gasteiger partial charge in [0.15, 0.2) is 11.5 Å². The van der Waals surface area contributed by atoms with Gasteiger partial charge < -0.3 is 9.47 Å². The van der Waals surface area contributed by atoms with Crippen molar-refractivity contribution in [1.29, 1.82) is 0 Å². The van der Waals surface area contributed by atoms with Crippen LogP contribution in [0.25, 0.3) is 6.08 Å². The number of nitro benzene ring substituents is 2. The van der Waals surface area contributed by atoms with Gasteiger partial charge >= 0.3 is 5.69 Å². The molecule has 1 aliphatic rings. The summed E-state index contributed by atoms with van der Waals surface area (Å²) in [6.45, 7) is 1.97. The first kappa shape index (κ1) is 24.4. The van der Waals surface area contributed by atoms with E-state index < -0.39 is 32.4 Å². The fourth-order valence-corrected chi connectivity index (χ4v) is 4.19. The maximum absolute atomic E-state index is 12.9. The van der Waals surface area contributed by atoms with Gasteiger partial charge in [-0.3, -0.25) is 29.8 Å². The zero-order valence-corrected chi connectivity index (χ0v) is 19.5. The van der Waals surface area contributed by atoms with Crippen LogP contribution in [-0.2, 0) is 4.79 Å². The molecule has 182 valence electrons. The molecule has 3 aromatic carbocycles. The summed E-state index contributed by atoms with van der Waals surface area (Å²) < 4.78 is 11.3. The molecular formula is C24H17N3O8S. The first-order valence-corrected chi connectivity index (χ1v) is 11.3. The smallest absolute Gasteiger partial charge is 0.318 e. The Bertz CT molecular complexity index is 1410. The molecular weight excluding hydrogens is 490 g/mol. The molecule has 0 unspecified atom stereocenters. The predicted molar refractivity (Wildman–Crippen MR) is 132 cm³/mol. The third-order valence-corrected chi connectivity index (χ3v) is 5.81. The second-order valence-electron chi connectivity index (χ2n) is 7.26. The summed E-state index contributed by atoms with van der Waals surface area (Å²) in [6.07, 6.45) is 1.54. The van der Waals surface area contributed by atoms with Crippen LogP contribution in [0.4, 0.5) is 21.9 Å². The van der Waals surface area contributed by atoms with E-state index in [1.165, 1.54) is 12.1 Å². The lowest BCUT2D eigenvalue weighted by Crippen LogP contribution is -2.27. The highest BCUT2D eigenvalue weighted by atomic mass is 32.2. The minimum Gasteiger partial charge on any atom is -0.490 e. The van der Waals surface area contributed by atoms with Crippen LogP contribution < -0.4 is 14.4 Å². The van der Waals surface area contributed by atoms with Crippen molar-refractivity contribution in [2.45, 2.75) is 6.92 Å². The van der Waals surface area contributed by atoms with Crippen LogP contribution in [0.3, 0.4) is 0 Å². The molecule has 0 bridgehead atoms. The molecule has 0 N–H and O–H groups in total. The summed E-state index contributed by atoms with van der Waals surface area (Å²) in [5.74, 6) is -0.316. The maximum Gasteiger partial charge on any atom is 0.318 e. The maximum atomic E-state index is 12.9. The van der Waals surface area contributed by atoms with E-state index >= 15 is 0 Å². The number of nitrogens with zero attached hydrogens (tertiary/aromatic N) is 3. The van der Waals surface area contributed by atoms with Crippen molar-refractivity contribution in [3.05, 3.63) is 97.4 Å². The highest BCUT2D eigenvalue weighted by molar-refractivity contribution is 8.19. The SMILES string of the molecule is CCOc1cc(/C=C2\SC(=O)N(c3ccccc3)C2=O)ccc1Oc1ccc([N+](=O)[O-])cc1[N+](=O)[O-]. The first-order valence-electron chi connectivity index (χ1n) is 10.5. The highest BCUT2D eigenvalue weighted by Gasteiger charge is 2.36. The number of thioether (sulfide) groups is 1. The normalized spacial score (nSPS) is 14.2. The van der Waals surface area contributed by atoms with Gasteiger partial charge in [0.2, 0.25) is 5.75 Å². The lowest BCUT2D eigenvalue weighted by molar-refractivity contribution is -0.394. The molecule has 1 aliphatic heterocycles. The molecule has 0 aromatic heterocycles. The topological polar surface area (TPSA) is 142 Å². The van der Waals surface area contributed by atoms with Crippen molar-refractivity contribution >= 4 is 46.0 Å². The molecule has 11 nitrogen and oxygen atoms in total. The molecule has 2 amide bonds. The molecule has 4 rings (SSSR count). The number of hydrogen-bond donors (Lipinski definition) is 0. The van der Waals surface area contributed by atoms with E-state index in [9.17, 15) is 29.8 Å². The minimum atomic E-state index is -0.778. The van der Waals surface area contributed by atoms with Gasteiger partial charge in [-0.25, -0.2) is 4.90 Å². The first-order chi connectivity index (χ1) is 17.3. The van der Waals surface area contributed by atoms with E-state index in [1.807, 2.05) is 0 Å². The number of benzene rings is 3. The van der Waals surface area contributed by atoms with Gasteiger partial charge in [-0.05, 0) is 60.7 Å². The third kappa shape index (κ3) is 5.03. The summed E-state index contributed by atoms with van der Waals surface area (Å²) in [5.41, 5.74) is -0.0291. The van der Waals surface area contributed by atoms with Gasteiger partial charge in [-0.2, -0.15) is 0 Å². The molecule has 36 heavy (non-hydrogen) atoms. The van der Waals surface area contributed by atoms with Crippen molar-refractivity contribution < 1.29 is 28.9 Å². The molecule has 1 heterocycles. The number of nitro groups is 2. The number of hydrogen-bond acceptors (Lipinski definition) is 9. The molecule has 1 saturated heterocycles. The fraction of sp³-hybridized carbons (Fsp3) is 0.0833. The van der Waals surface area contributed by atoms with Crippen LogP contribution >= 0.6 is 11.8 Å². The molecule has 1 fully saturated rings. The van der Waals surface area contributed by atoms with E-state index in [0.29, 0.717) is 11.3 Å². The average Bonchev–Trinajstić information content (AvgIpc) is 3.13. The van der Waals surface area contributed by atoms with Crippen LogP contribution in [-0.4, -0.2) is 27.6 Å². The molecule has 0 aliphatic carbocycles. The standard InChI is InChI=1S/C24H17N3O8S/c1-2-34-21-12-15(13-22-23(28)25(24(29)36-22)16-6-4-3-5-7-16)8-10-20(21)35-19-11-9-17(26(30)31)14-18(19)27(32)33/h3-14H,2H2,1H3/b22-13-. The second-order valence-corrected chi connectivity index (χ2v) is 8.25. The Morgan fingerprint density at radius 3 is 2.31 bits per heavy atom. The quantitative estimate of drug-likeness (QED) is 0.206. The number of imide groups is 1. The van der Waals surface area contributed by atoms with Gasteiger partial charge in [0, 0.05) is 6.07 Å². The van der Waals surface area contributed by atoms with Gasteiger partial charge in [0.25, 0.3) is 16.8 Å². The number of anilines is 1. The Hall–Kier alpha value is -4.71. The molecule has 0 atom stereocenters. The largest absolute Gasteiger partial charge is 0.490 e. The fourth-order valence-electron chi connectivity index (χ4n) is 3.35. The van der Waals surface area contributed by atoms with Crippen LogP contribution in [0.5, 0.6) is 17.2 Å². The van der Waals surface area contributed by atoms with Gasteiger partial charge in [0.05, 0.1) is 33.1 Å². The summed E-state index contributed by atoms with van der Waals surface area (Å²) in [7, 11) is 0. The van der Waals surface area contributed by atoms with Crippen molar-refractivity contribution in [2.75, 3.05) is 11.5 Å². The number of carbonyl (C=O) groups excluding carboxylic acids is 2. The molecule has 0 saturated carbocycles. The summed E-state index contributed by atoms with van der Waals surface area (Å²) >= 11 is 0.803. The van der Waals surface area contributed by atoms with Gasteiger partial charge in [-0.1, -0.05) is 24.3 Å². The van der Waals surface area contributed by atoms with Crippen LogP contribution in [0.15, 0.2) is 71.6 Å². The Morgan fingerprint density at radius 1 is 0.917 bits per heavy atom. The van der Waals surface area contributed by atoms with Gasteiger partial charge in [-0.15, -0.1) is 0 Å². The molecule has 12 heteroatoms. The van der Waals surface area contributed by atoms with E-state index in [4.69, 9.17) is 9.47 Å². The second kappa shape index (κ2) is 10.3. The Labute approximate surface area is 208 Å². The summed E-state index contributed by atoms with van der Waals surface area (Å²) in [5, 5.41) is 22.0. The number of non-ortho nitro benzene ring substituents is 1. The zero-order valence-electron chi connectivity index (χ0n) is 18.7. The van der Waals surface area contributed by atoms with Crippen molar-refractivity contribution in [3.8, 4) is 17.2 Å². The van der Waals surface area contributed by atoms with Crippen molar-refractivity contribution in [2.24, 2.45) is 0 Å².